The van der Waals surface area contributed by atoms with E-state index in [0.717, 1.165) is 6.08 Å². The van der Waals surface area contributed by atoms with E-state index in [2.05, 4.69) is 17.9 Å². The average molecular weight is 424 g/mol. The Morgan fingerprint density at radius 3 is 2.45 bits per heavy atom. The van der Waals surface area contributed by atoms with Gasteiger partial charge in [0, 0.05) is 59.8 Å². The minimum atomic E-state index is -2.43. The SMILES string of the molecule is C=C/C(F)=C(\C(=C)F)C(C)N1CCN(C(=O)c2ccc(NS(=O)[O-])cc2)[C@H](C)C1. The van der Waals surface area contributed by atoms with Crippen LogP contribution in [0, 0.1) is 0 Å². The van der Waals surface area contributed by atoms with Crippen LogP contribution in [0.25, 0.3) is 0 Å². The highest BCUT2D eigenvalue weighted by Gasteiger charge is 2.32. The van der Waals surface area contributed by atoms with Crippen molar-refractivity contribution in [3.05, 3.63) is 66.3 Å². The molecule has 2 rings (SSSR count). The molecule has 0 spiro atoms. The second-order valence-electron chi connectivity index (χ2n) is 6.80. The van der Waals surface area contributed by atoms with Gasteiger partial charge in [0.25, 0.3) is 5.91 Å². The van der Waals surface area contributed by atoms with Gasteiger partial charge in [0.2, 0.25) is 0 Å². The predicted octanol–water partition coefficient (Wildman–Crippen LogP) is 3.32. The summed E-state index contributed by atoms with van der Waals surface area (Å²) in [6.45, 7) is 11.4. The standard InChI is InChI=1S/C20H25F2N3O3S/c1-5-18(22)19(14(3)21)15(4)24-10-11-25(13(2)12-24)20(26)16-6-8-17(9-7-16)23-29(27)28/h5-9,13,15,23H,1,3,10-12H2,2,4H3,(H,27,28)/p-1/b19-18-/t13-,15?/m1/s1. The Bertz CT molecular complexity index is 842. The van der Waals surface area contributed by atoms with Crippen LogP contribution in [0.1, 0.15) is 24.2 Å². The number of benzene rings is 1. The third-order valence-electron chi connectivity index (χ3n) is 4.95. The lowest BCUT2D eigenvalue weighted by Gasteiger charge is -2.42. The highest BCUT2D eigenvalue weighted by Crippen LogP contribution is 2.26. The molecule has 1 aromatic rings. The molecule has 0 aromatic heterocycles. The number of amides is 1. The first-order chi connectivity index (χ1) is 13.6. The van der Waals surface area contributed by atoms with Crippen molar-refractivity contribution < 1.29 is 22.3 Å². The van der Waals surface area contributed by atoms with Gasteiger partial charge in [0.05, 0.1) is 0 Å². The molecule has 1 saturated heterocycles. The quantitative estimate of drug-likeness (QED) is 0.538. The minimum absolute atomic E-state index is 0.133. The van der Waals surface area contributed by atoms with Crippen molar-refractivity contribution in [1.29, 1.82) is 0 Å². The summed E-state index contributed by atoms with van der Waals surface area (Å²) in [7, 11) is 0. The number of nitrogens with zero attached hydrogens (tertiary/aromatic N) is 2. The number of piperazine rings is 1. The zero-order chi connectivity index (χ0) is 21.7. The Hall–Kier alpha value is -2.36. The molecule has 29 heavy (non-hydrogen) atoms. The first-order valence-electron chi connectivity index (χ1n) is 9.03. The monoisotopic (exact) mass is 424 g/mol. The van der Waals surface area contributed by atoms with Crippen molar-refractivity contribution in [2.45, 2.75) is 25.9 Å². The third-order valence-corrected chi connectivity index (χ3v) is 5.35. The molecule has 158 valence electrons. The van der Waals surface area contributed by atoms with E-state index in [1.165, 1.54) is 12.1 Å². The molecule has 1 fully saturated rings. The molecule has 1 aliphatic rings. The fourth-order valence-corrected chi connectivity index (χ4v) is 3.76. The van der Waals surface area contributed by atoms with Crippen LogP contribution in [0.4, 0.5) is 14.5 Å². The van der Waals surface area contributed by atoms with Crippen molar-refractivity contribution in [3.63, 3.8) is 0 Å². The fourth-order valence-electron chi connectivity index (χ4n) is 3.43. The number of rotatable bonds is 7. The summed E-state index contributed by atoms with van der Waals surface area (Å²) < 4.78 is 51.3. The molecule has 1 aromatic carbocycles. The van der Waals surface area contributed by atoms with E-state index in [-0.39, 0.29) is 17.5 Å². The van der Waals surface area contributed by atoms with Gasteiger partial charge in [0.15, 0.2) is 0 Å². The van der Waals surface area contributed by atoms with Gasteiger partial charge in [-0.3, -0.25) is 13.9 Å². The van der Waals surface area contributed by atoms with Gasteiger partial charge in [-0.05, 0) is 44.2 Å². The van der Waals surface area contributed by atoms with E-state index < -0.39 is 29.0 Å². The number of carbonyl (C=O) groups excluding carboxylic acids is 1. The second kappa shape index (κ2) is 9.91. The molecule has 3 atom stereocenters. The number of nitrogens with one attached hydrogen (secondary N) is 1. The van der Waals surface area contributed by atoms with Crippen LogP contribution in [-0.4, -0.2) is 56.2 Å². The Kier molecular flexibility index (Phi) is 7.83. The van der Waals surface area contributed by atoms with E-state index in [0.29, 0.717) is 30.9 Å². The van der Waals surface area contributed by atoms with Crippen molar-refractivity contribution in [2.75, 3.05) is 24.4 Å². The van der Waals surface area contributed by atoms with E-state index in [4.69, 9.17) is 0 Å². The van der Waals surface area contributed by atoms with Crippen LogP contribution in [0.15, 0.2) is 60.7 Å². The molecular weight excluding hydrogens is 400 g/mol. The fraction of sp³-hybridized carbons (Fsp3) is 0.350. The zero-order valence-electron chi connectivity index (χ0n) is 16.4. The summed E-state index contributed by atoms with van der Waals surface area (Å²) in [6, 6.07) is 5.37. The van der Waals surface area contributed by atoms with Gasteiger partial charge in [0.1, 0.15) is 11.7 Å². The van der Waals surface area contributed by atoms with Crippen LogP contribution in [0.3, 0.4) is 0 Å². The third kappa shape index (κ3) is 5.59. The summed E-state index contributed by atoms with van der Waals surface area (Å²) in [4.78, 5) is 16.4. The van der Waals surface area contributed by atoms with Gasteiger partial charge in [-0.2, -0.15) is 0 Å². The molecule has 9 heteroatoms. The summed E-state index contributed by atoms with van der Waals surface area (Å²) in [5, 5.41) is 0. The largest absolute Gasteiger partial charge is 0.755 e. The molecule has 0 saturated carbocycles. The highest BCUT2D eigenvalue weighted by molar-refractivity contribution is 7.80. The lowest BCUT2D eigenvalue weighted by Crippen LogP contribution is -2.56. The molecule has 1 amide bonds. The summed E-state index contributed by atoms with van der Waals surface area (Å²) in [5.74, 6) is -1.78. The number of carbonyl (C=O) groups is 1. The van der Waals surface area contributed by atoms with Crippen LogP contribution in [0.5, 0.6) is 0 Å². The maximum atomic E-state index is 14.0. The number of hydrogen-bond acceptors (Lipinski definition) is 4. The first kappa shape index (κ1) is 22.9. The van der Waals surface area contributed by atoms with Gasteiger partial charge >= 0.3 is 0 Å². The van der Waals surface area contributed by atoms with Crippen molar-refractivity contribution in [3.8, 4) is 0 Å². The molecule has 6 nitrogen and oxygen atoms in total. The Morgan fingerprint density at radius 2 is 1.97 bits per heavy atom. The maximum Gasteiger partial charge on any atom is 0.254 e. The summed E-state index contributed by atoms with van der Waals surface area (Å²) in [6.07, 6.45) is 0.959. The molecule has 2 unspecified atom stereocenters. The molecule has 0 bridgehead atoms. The van der Waals surface area contributed by atoms with E-state index in [9.17, 15) is 22.3 Å². The smallest absolute Gasteiger partial charge is 0.254 e. The number of anilines is 1. The van der Waals surface area contributed by atoms with Crippen LogP contribution in [-0.2, 0) is 11.3 Å². The average Bonchev–Trinajstić information content (AvgIpc) is 2.67. The number of halogens is 2. The predicted molar refractivity (Wildman–Crippen MR) is 109 cm³/mol. The molecule has 1 N–H and O–H groups in total. The lowest BCUT2D eigenvalue weighted by molar-refractivity contribution is 0.0439. The van der Waals surface area contributed by atoms with Crippen LogP contribution >= 0.6 is 0 Å². The minimum Gasteiger partial charge on any atom is -0.755 e. The van der Waals surface area contributed by atoms with Gasteiger partial charge in [-0.15, -0.1) is 0 Å². The molecule has 1 heterocycles. The van der Waals surface area contributed by atoms with E-state index in [1.807, 2.05) is 11.8 Å². The van der Waals surface area contributed by atoms with Crippen molar-refractivity contribution in [2.24, 2.45) is 0 Å². The van der Waals surface area contributed by atoms with Crippen LogP contribution in [0.2, 0.25) is 0 Å². The van der Waals surface area contributed by atoms with E-state index >= 15 is 0 Å². The molecule has 1 aliphatic heterocycles. The Balaban J connectivity index is 2.09. The number of allylic oxidation sites excluding steroid dienone is 2. The van der Waals surface area contributed by atoms with Crippen LogP contribution < -0.4 is 4.72 Å². The molecule has 0 radical (unpaired) electrons. The van der Waals surface area contributed by atoms with Crippen molar-refractivity contribution in [1.82, 2.24) is 9.80 Å². The second-order valence-corrected chi connectivity index (χ2v) is 7.48. The normalized spacial score (nSPS) is 20.4. The maximum absolute atomic E-state index is 14.0. The van der Waals surface area contributed by atoms with Gasteiger partial charge in [-0.1, -0.05) is 13.2 Å². The lowest BCUT2D eigenvalue weighted by atomic mass is 10.0. The first-order valence-corrected chi connectivity index (χ1v) is 10.1. The number of hydrogen-bond donors (Lipinski definition) is 1. The molecule has 0 aliphatic carbocycles. The van der Waals surface area contributed by atoms with E-state index in [1.54, 1.807) is 24.0 Å². The zero-order valence-corrected chi connectivity index (χ0v) is 17.2. The Morgan fingerprint density at radius 1 is 1.34 bits per heavy atom. The van der Waals surface area contributed by atoms with Gasteiger partial charge < -0.3 is 14.2 Å². The highest BCUT2D eigenvalue weighted by atomic mass is 32.2. The summed E-state index contributed by atoms with van der Waals surface area (Å²) >= 11 is -2.43. The van der Waals surface area contributed by atoms with Gasteiger partial charge in [-0.25, -0.2) is 8.78 Å². The Labute approximate surface area is 172 Å². The van der Waals surface area contributed by atoms with Crippen molar-refractivity contribution >= 4 is 22.9 Å². The summed E-state index contributed by atoms with van der Waals surface area (Å²) in [5.41, 5.74) is 0.651. The topological polar surface area (TPSA) is 75.7 Å². The molecular formula is C20H24F2N3O3S-.